The maximum atomic E-state index is 12.3. The van der Waals surface area contributed by atoms with Gasteiger partial charge in [0.05, 0.1) is 17.1 Å². The van der Waals surface area contributed by atoms with E-state index in [0.717, 1.165) is 11.4 Å². The maximum Gasteiger partial charge on any atom is 0.253 e. The highest BCUT2D eigenvalue weighted by Crippen LogP contribution is 2.21. The minimum atomic E-state index is -0.443. The molecule has 2 amide bonds. The Labute approximate surface area is 185 Å². The Bertz CT molecular complexity index is 1060. The van der Waals surface area contributed by atoms with Gasteiger partial charge in [-0.25, -0.2) is 4.98 Å². The highest BCUT2D eigenvalue weighted by Gasteiger charge is 2.13. The standard InChI is InChI=1S/C22H22Cl2N4O2/c1-14(2)21-25-8-9-28(21)13-15-4-3-5-17(10-15)27-20(29)12-26-22(30)18-7-6-16(23)11-19(18)24/h3-11,14H,12-13H2,1-2H3,(H,26,30)(H,27,29). The molecule has 6 nitrogen and oxygen atoms in total. The summed E-state index contributed by atoms with van der Waals surface area (Å²) >= 11 is 11.9. The van der Waals surface area contributed by atoms with Crippen LogP contribution >= 0.6 is 23.2 Å². The molecule has 0 saturated heterocycles. The Morgan fingerprint density at radius 3 is 2.67 bits per heavy atom. The lowest BCUT2D eigenvalue weighted by molar-refractivity contribution is -0.115. The quantitative estimate of drug-likeness (QED) is 0.552. The topological polar surface area (TPSA) is 76.0 Å². The first-order valence-electron chi connectivity index (χ1n) is 9.46. The van der Waals surface area contributed by atoms with Crippen LogP contribution in [0.3, 0.4) is 0 Å². The van der Waals surface area contributed by atoms with Gasteiger partial charge in [0.2, 0.25) is 5.91 Å². The van der Waals surface area contributed by atoms with Gasteiger partial charge in [0.15, 0.2) is 0 Å². The van der Waals surface area contributed by atoms with E-state index in [1.807, 2.05) is 24.4 Å². The Balaban J connectivity index is 1.58. The van der Waals surface area contributed by atoms with Gasteiger partial charge in [0.1, 0.15) is 5.82 Å². The molecule has 0 unspecified atom stereocenters. The summed E-state index contributed by atoms with van der Waals surface area (Å²) in [6.45, 7) is 4.67. The van der Waals surface area contributed by atoms with Crippen molar-refractivity contribution < 1.29 is 9.59 Å². The summed E-state index contributed by atoms with van der Waals surface area (Å²) in [7, 11) is 0. The van der Waals surface area contributed by atoms with Gasteiger partial charge >= 0.3 is 0 Å². The van der Waals surface area contributed by atoms with Gasteiger partial charge in [-0.15, -0.1) is 0 Å². The van der Waals surface area contributed by atoms with Gasteiger partial charge in [-0.3, -0.25) is 9.59 Å². The van der Waals surface area contributed by atoms with Crippen LogP contribution in [0.25, 0.3) is 0 Å². The summed E-state index contributed by atoms with van der Waals surface area (Å²) in [6.07, 6.45) is 3.73. The van der Waals surface area contributed by atoms with Crippen LogP contribution in [0.4, 0.5) is 5.69 Å². The van der Waals surface area contributed by atoms with E-state index >= 15 is 0 Å². The van der Waals surface area contributed by atoms with Crippen LogP contribution in [0, 0.1) is 0 Å². The van der Waals surface area contributed by atoms with Crippen molar-refractivity contribution in [2.45, 2.75) is 26.3 Å². The SMILES string of the molecule is CC(C)c1nccn1Cc1cccc(NC(=O)CNC(=O)c2ccc(Cl)cc2Cl)c1. The van der Waals surface area contributed by atoms with Gasteiger partial charge in [-0.1, -0.05) is 49.2 Å². The molecular formula is C22H22Cl2N4O2. The molecule has 0 spiro atoms. The molecular weight excluding hydrogens is 423 g/mol. The molecule has 1 heterocycles. The number of aromatic nitrogens is 2. The predicted octanol–water partition coefficient (Wildman–Crippen LogP) is 4.73. The zero-order valence-electron chi connectivity index (χ0n) is 16.7. The number of hydrogen-bond acceptors (Lipinski definition) is 3. The molecule has 8 heteroatoms. The molecule has 30 heavy (non-hydrogen) atoms. The van der Waals surface area contributed by atoms with Crippen molar-refractivity contribution in [3.05, 3.63) is 81.9 Å². The van der Waals surface area contributed by atoms with Crippen LogP contribution < -0.4 is 10.6 Å². The average molecular weight is 445 g/mol. The van der Waals surface area contributed by atoms with E-state index in [9.17, 15) is 9.59 Å². The van der Waals surface area contributed by atoms with E-state index in [0.29, 0.717) is 23.2 Å². The molecule has 3 aromatic rings. The Morgan fingerprint density at radius 1 is 1.13 bits per heavy atom. The van der Waals surface area contributed by atoms with E-state index in [4.69, 9.17) is 23.2 Å². The zero-order valence-corrected chi connectivity index (χ0v) is 18.2. The van der Waals surface area contributed by atoms with Crippen LogP contribution in [0.15, 0.2) is 54.9 Å². The van der Waals surface area contributed by atoms with Crippen molar-refractivity contribution in [2.75, 3.05) is 11.9 Å². The fraction of sp³-hybridized carbons (Fsp3) is 0.227. The second-order valence-electron chi connectivity index (χ2n) is 7.12. The summed E-state index contributed by atoms with van der Waals surface area (Å²) in [5.41, 5.74) is 1.95. The fourth-order valence-corrected chi connectivity index (χ4v) is 3.53. The number of nitrogens with one attached hydrogen (secondary N) is 2. The van der Waals surface area contributed by atoms with Crippen molar-refractivity contribution >= 4 is 40.7 Å². The average Bonchev–Trinajstić information content (AvgIpc) is 3.15. The fourth-order valence-electron chi connectivity index (χ4n) is 3.03. The van der Waals surface area contributed by atoms with Crippen molar-refractivity contribution in [1.29, 1.82) is 0 Å². The smallest absolute Gasteiger partial charge is 0.253 e. The number of carbonyl (C=O) groups excluding carboxylic acids is 2. The maximum absolute atomic E-state index is 12.3. The minimum Gasteiger partial charge on any atom is -0.343 e. The number of carbonyl (C=O) groups is 2. The zero-order chi connectivity index (χ0) is 21.7. The summed E-state index contributed by atoms with van der Waals surface area (Å²) < 4.78 is 2.09. The Morgan fingerprint density at radius 2 is 1.93 bits per heavy atom. The molecule has 0 aliphatic rings. The molecule has 0 bridgehead atoms. The Kier molecular flexibility index (Phi) is 7.13. The normalized spacial score (nSPS) is 10.8. The Hall–Kier alpha value is -2.83. The van der Waals surface area contributed by atoms with E-state index in [-0.39, 0.29) is 23.0 Å². The number of hydrogen-bond donors (Lipinski definition) is 2. The molecule has 2 aromatic carbocycles. The van der Waals surface area contributed by atoms with Gasteiger partial charge in [-0.05, 0) is 35.9 Å². The van der Waals surface area contributed by atoms with Crippen molar-refractivity contribution in [3.8, 4) is 0 Å². The van der Waals surface area contributed by atoms with Gasteiger partial charge < -0.3 is 15.2 Å². The second kappa shape index (κ2) is 9.78. The van der Waals surface area contributed by atoms with Crippen molar-refractivity contribution in [3.63, 3.8) is 0 Å². The number of rotatable bonds is 7. The molecule has 1 aromatic heterocycles. The van der Waals surface area contributed by atoms with Crippen molar-refractivity contribution in [1.82, 2.24) is 14.9 Å². The van der Waals surface area contributed by atoms with Gasteiger partial charge in [0.25, 0.3) is 5.91 Å². The molecule has 0 aliphatic carbocycles. The first-order valence-corrected chi connectivity index (χ1v) is 10.2. The van der Waals surface area contributed by atoms with E-state index in [2.05, 4.69) is 34.0 Å². The highest BCUT2D eigenvalue weighted by molar-refractivity contribution is 6.36. The van der Waals surface area contributed by atoms with Crippen LogP contribution in [0.5, 0.6) is 0 Å². The molecule has 3 rings (SSSR count). The third-order valence-electron chi connectivity index (χ3n) is 4.41. The van der Waals surface area contributed by atoms with Crippen LogP contribution in [0.1, 0.15) is 41.5 Å². The number of nitrogens with zero attached hydrogens (tertiary/aromatic N) is 2. The first-order chi connectivity index (χ1) is 14.3. The van der Waals surface area contributed by atoms with Crippen LogP contribution in [-0.2, 0) is 11.3 Å². The molecule has 2 N–H and O–H groups in total. The molecule has 0 fully saturated rings. The highest BCUT2D eigenvalue weighted by atomic mass is 35.5. The molecule has 156 valence electrons. The minimum absolute atomic E-state index is 0.180. The summed E-state index contributed by atoms with van der Waals surface area (Å²) in [5, 5.41) is 6.02. The summed E-state index contributed by atoms with van der Waals surface area (Å²) in [6, 6.07) is 12.1. The number of benzene rings is 2. The lowest BCUT2D eigenvalue weighted by atomic mass is 10.1. The number of anilines is 1. The van der Waals surface area contributed by atoms with E-state index in [1.165, 1.54) is 12.1 Å². The largest absolute Gasteiger partial charge is 0.343 e. The lowest BCUT2D eigenvalue weighted by Crippen LogP contribution is -2.33. The van der Waals surface area contributed by atoms with E-state index in [1.54, 1.807) is 18.3 Å². The van der Waals surface area contributed by atoms with Crippen LogP contribution in [-0.4, -0.2) is 27.9 Å². The van der Waals surface area contributed by atoms with Crippen molar-refractivity contribution in [2.24, 2.45) is 0 Å². The first kappa shape index (κ1) is 21.9. The third kappa shape index (κ3) is 5.62. The number of amides is 2. The summed E-state index contributed by atoms with van der Waals surface area (Å²) in [5.74, 6) is 0.548. The number of imidazole rings is 1. The van der Waals surface area contributed by atoms with E-state index < -0.39 is 5.91 Å². The third-order valence-corrected chi connectivity index (χ3v) is 4.96. The van der Waals surface area contributed by atoms with Crippen LogP contribution in [0.2, 0.25) is 10.0 Å². The summed E-state index contributed by atoms with van der Waals surface area (Å²) in [4.78, 5) is 28.9. The lowest BCUT2D eigenvalue weighted by Gasteiger charge is -2.12. The van der Waals surface area contributed by atoms with Gasteiger partial charge in [-0.2, -0.15) is 0 Å². The molecule has 0 atom stereocenters. The van der Waals surface area contributed by atoms with Gasteiger partial charge in [0, 0.05) is 35.6 Å². The molecule has 0 aliphatic heterocycles. The molecule has 0 radical (unpaired) electrons. The second-order valence-corrected chi connectivity index (χ2v) is 7.97. The monoisotopic (exact) mass is 444 g/mol. The molecule has 0 saturated carbocycles. The number of halogens is 2. The predicted molar refractivity (Wildman–Crippen MR) is 119 cm³/mol.